The van der Waals surface area contributed by atoms with Crippen LogP contribution in [0.4, 0.5) is 4.39 Å². The van der Waals surface area contributed by atoms with Gasteiger partial charge in [-0.3, -0.25) is 0 Å². The molecule has 2 unspecified atom stereocenters. The molecule has 2 atom stereocenters. The summed E-state index contributed by atoms with van der Waals surface area (Å²) in [5.41, 5.74) is 2.45. The number of piperidine rings is 1. The zero-order chi connectivity index (χ0) is 11.7. The molecule has 1 N–H and O–H groups in total. The average Bonchev–Trinajstić information content (AvgIpc) is 2.39. The first kappa shape index (κ1) is 10.9. The van der Waals surface area contributed by atoms with Crippen LogP contribution in [-0.2, 0) is 0 Å². The van der Waals surface area contributed by atoms with E-state index in [9.17, 15) is 4.39 Å². The fourth-order valence-electron chi connectivity index (χ4n) is 3.11. The first-order valence-electron chi connectivity index (χ1n) is 6.37. The molecule has 2 nitrogen and oxygen atoms in total. The van der Waals surface area contributed by atoms with E-state index in [1.54, 1.807) is 6.20 Å². The summed E-state index contributed by atoms with van der Waals surface area (Å²) >= 11 is 0. The summed E-state index contributed by atoms with van der Waals surface area (Å²) in [4.78, 5) is 3.76. The van der Waals surface area contributed by atoms with Crippen LogP contribution in [0.3, 0.4) is 0 Å². The minimum Gasteiger partial charge on any atom is -0.316 e. The predicted octanol–water partition coefficient (Wildman–Crippen LogP) is 2.62. The van der Waals surface area contributed by atoms with Gasteiger partial charge in [0.2, 0.25) is 5.95 Å². The van der Waals surface area contributed by atoms with Crippen molar-refractivity contribution in [1.29, 1.82) is 0 Å². The zero-order valence-electron chi connectivity index (χ0n) is 9.82. The van der Waals surface area contributed by atoms with Crippen LogP contribution in [0.5, 0.6) is 0 Å². The molecule has 17 heavy (non-hydrogen) atoms. The van der Waals surface area contributed by atoms with Gasteiger partial charge in [-0.05, 0) is 60.9 Å². The molecule has 0 radical (unpaired) electrons. The number of nitrogens with one attached hydrogen (secondary N) is 1. The number of aromatic nitrogens is 1. The Kier molecular flexibility index (Phi) is 2.93. The summed E-state index contributed by atoms with van der Waals surface area (Å²) < 4.78 is 12.8. The molecule has 0 amide bonds. The van der Waals surface area contributed by atoms with Crippen molar-refractivity contribution >= 4 is 5.57 Å². The summed E-state index contributed by atoms with van der Waals surface area (Å²) in [6.07, 6.45) is 7.68. The van der Waals surface area contributed by atoms with E-state index in [2.05, 4.69) is 16.4 Å². The number of allylic oxidation sites excluding steroid dienone is 1. The fraction of sp³-hybridized carbons (Fsp3) is 0.500. The first-order chi connectivity index (χ1) is 8.34. The molecule has 1 saturated heterocycles. The molecule has 1 aliphatic carbocycles. The van der Waals surface area contributed by atoms with Crippen molar-refractivity contribution < 1.29 is 4.39 Å². The smallest absolute Gasteiger partial charge is 0.212 e. The Labute approximate surface area is 101 Å². The molecule has 0 saturated carbocycles. The van der Waals surface area contributed by atoms with Crippen LogP contribution in [0.25, 0.3) is 5.57 Å². The van der Waals surface area contributed by atoms with Crippen molar-refractivity contribution in [2.24, 2.45) is 11.8 Å². The van der Waals surface area contributed by atoms with Crippen LogP contribution < -0.4 is 5.32 Å². The third kappa shape index (κ3) is 2.12. The van der Waals surface area contributed by atoms with Crippen LogP contribution >= 0.6 is 0 Å². The molecular formula is C14H17FN2. The first-order valence-corrected chi connectivity index (χ1v) is 6.37. The Morgan fingerprint density at radius 1 is 1.29 bits per heavy atom. The normalized spacial score (nSPS) is 28.4. The van der Waals surface area contributed by atoms with Crippen LogP contribution in [0.15, 0.2) is 24.4 Å². The van der Waals surface area contributed by atoms with Gasteiger partial charge in [0, 0.05) is 12.7 Å². The molecule has 1 aromatic rings. The van der Waals surface area contributed by atoms with E-state index >= 15 is 0 Å². The van der Waals surface area contributed by atoms with Gasteiger partial charge in [-0.15, -0.1) is 0 Å². The lowest BCUT2D eigenvalue weighted by Crippen LogP contribution is -2.38. The van der Waals surface area contributed by atoms with Gasteiger partial charge >= 0.3 is 0 Å². The molecule has 1 fully saturated rings. The van der Waals surface area contributed by atoms with Crippen LogP contribution in [0.2, 0.25) is 0 Å². The van der Waals surface area contributed by atoms with Crippen molar-refractivity contribution in [2.75, 3.05) is 13.1 Å². The zero-order valence-corrected chi connectivity index (χ0v) is 9.82. The van der Waals surface area contributed by atoms with Gasteiger partial charge in [-0.1, -0.05) is 6.08 Å². The Morgan fingerprint density at radius 3 is 3.06 bits per heavy atom. The third-order valence-electron chi connectivity index (χ3n) is 3.99. The van der Waals surface area contributed by atoms with E-state index in [1.807, 2.05) is 6.07 Å². The lowest BCUT2D eigenvalue weighted by Gasteiger charge is -2.37. The standard InChI is InChI=1S/C14H17FN2/c15-14-5-4-11(8-17-14)12-3-1-2-10-6-7-16-9-13(10)12/h3-5,8,10,13,16H,1-2,6-7,9H2. The van der Waals surface area contributed by atoms with E-state index in [0.29, 0.717) is 5.92 Å². The molecule has 2 heterocycles. The predicted molar refractivity (Wildman–Crippen MR) is 65.9 cm³/mol. The van der Waals surface area contributed by atoms with Gasteiger partial charge in [0.15, 0.2) is 0 Å². The number of nitrogens with zero attached hydrogens (tertiary/aromatic N) is 1. The lowest BCUT2D eigenvalue weighted by atomic mass is 9.73. The summed E-state index contributed by atoms with van der Waals surface area (Å²) in [7, 11) is 0. The molecular weight excluding hydrogens is 215 g/mol. The van der Waals surface area contributed by atoms with Gasteiger partial charge in [0.1, 0.15) is 0 Å². The van der Waals surface area contributed by atoms with Crippen molar-refractivity contribution in [2.45, 2.75) is 19.3 Å². The molecule has 90 valence electrons. The molecule has 1 aliphatic heterocycles. The summed E-state index contributed by atoms with van der Waals surface area (Å²) in [6.45, 7) is 2.18. The fourth-order valence-corrected chi connectivity index (χ4v) is 3.11. The largest absolute Gasteiger partial charge is 0.316 e. The second kappa shape index (κ2) is 4.57. The molecule has 1 aromatic heterocycles. The number of hydrogen-bond donors (Lipinski definition) is 1. The second-order valence-electron chi connectivity index (χ2n) is 4.97. The number of hydrogen-bond acceptors (Lipinski definition) is 2. The highest BCUT2D eigenvalue weighted by atomic mass is 19.1. The Hall–Kier alpha value is -1.22. The Bertz CT molecular complexity index is 424. The van der Waals surface area contributed by atoms with Crippen molar-refractivity contribution in [3.8, 4) is 0 Å². The number of pyridine rings is 1. The van der Waals surface area contributed by atoms with Gasteiger partial charge in [-0.25, -0.2) is 4.98 Å². The molecule has 0 aromatic carbocycles. The van der Waals surface area contributed by atoms with E-state index < -0.39 is 5.95 Å². The highest BCUT2D eigenvalue weighted by Gasteiger charge is 2.30. The highest BCUT2D eigenvalue weighted by Crippen LogP contribution is 2.39. The molecule has 0 bridgehead atoms. The van der Waals surface area contributed by atoms with Crippen LogP contribution in [0, 0.1) is 17.8 Å². The number of rotatable bonds is 1. The van der Waals surface area contributed by atoms with Gasteiger partial charge in [-0.2, -0.15) is 4.39 Å². The maximum Gasteiger partial charge on any atom is 0.212 e. The van der Waals surface area contributed by atoms with E-state index in [1.165, 1.54) is 24.5 Å². The molecule has 0 spiro atoms. The summed E-state index contributed by atoms with van der Waals surface area (Å²) in [6, 6.07) is 3.31. The van der Waals surface area contributed by atoms with E-state index in [0.717, 1.165) is 31.0 Å². The topological polar surface area (TPSA) is 24.9 Å². The Balaban J connectivity index is 1.90. The lowest BCUT2D eigenvalue weighted by molar-refractivity contribution is 0.285. The maximum absolute atomic E-state index is 12.8. The summed E-state index contributed by atoms with van der Waals surface area (Å²) in [5.74, 6) is 0.981. The van der Waals surface area contributed by atoms with Gasteiger partial charge in [0.25, 0.3) is 0 Å². The van der Waals surface area contributed by atoms with E-state index in [-0.39, 0.29) is 0 Å². The minimum atomic E-state index is -0.400. The van der Waals surface area contributed by atoms with E-state index in [4.69, 9.17) is 0 Å². The SMILES string of the molecule is Fc1ccc(C2=CCCC3CCNCC23)cn1. The molecule has 3 heteroatoms. The Morgan fingerprint density at radius 2 is 2.24 bits per heavy atom. The minimum absolute atomic E-state index is 0.400. The van der Waals surface area contributed by atoms with Crippen LogP contribution in [-0.4, -0.2) is 18.1 Å². The average molecular weight is 232 g/mol. The highest BCUT2D eigenvalue weighted by molar-refractivity contribution is 5.68. The quantitative estimate of drug-likeness (QED) is 0.753. The van der Waals surface area contributed by atoms with Crippen molar-refractivity contribution in [3.63, 3.8) is 0 Å². The number of halogens is 1. The maximum atomic E-state index is 12.8. The monoisotopic (exact) mass is 232 g/mol. The summed E-state index contributed by atoms with van der Waals surface area (Å²) in [5, 5.41) is 3.46. The van der Waals surface area contributed by atoms with Crippen LogP contribution in [0.1, 0.15) is 24.8 Å². The van der Waals surface area contributed by atoms with Crippen molar-refractivity contribution in [3.05, 3.63) is 35.9 Å². The third-order valence-corrected chi connectivity index (χ3v) is 3.99. The van der Waals surface area contributed by atoms with Gasteiger partial charge < -0.3 is 5.32 Å². The number of fused-ring (bicyclic) bond motifs is 1. The molecule has 2 aliphatic rings. The molecule has 3 rings (SSSR count). The van der Waals surface area contributed by atoms with Gasteiger partial charge in [0.05, 0.1) is 0 Å². The second-order valence-corrected chi connectivity index (χ2v) is 4.97. The van der Waals surface area contributed by atoms with Crippen molar-refractivity contribution in [1.82, 2.24) is 10.3 Å².